The predicted molar refractivity (Wildman–Crippen MR) is 130 cm³/mol. The van der Waals surface area contributed by atoms with Crippen LogP contribution in [0.2, 0.25) is 30.7 Å². The van der Waals surface area contributed by atoms with E-state index in [9.17, 15) is 5.26 Å². The summed E-state index contributed by atoms with van der Waals surface area (Å²) in [5.74, 6) is 1.73. The third-order valence-corrected chi connectivity index (χ3v) is 6.64. The first-order chi connectivity index (χ1) is 15.7. The number of hydrogen-bond acceptors (Lipinski definition) is 7. The standard InChI is InChI=1S/C24H28ClN3O4Si/c1-16(2)31-22-9-6-17(12-18(22)14-26)24-27-23(28-32-24)20-8-7-19(13-21(20)25)30-15-29-10-11-33(3,4)5/h6-9,12-13,16H,10-11,15H2,1-5H3. The monoisotopic (exact) mass is 485 g/mol. The highest BCUT2D eigenvalue weighted by Crippen LogP contribution is 2.32. The number of hydrogen-bond donors (Lipinski definition) is 0. The molecule has 2 aromatic carbocycles. The molecule has 3 aromatic rings. The molecule has 0 N–H and O–H groups in total. The Morgan fingerprint density at radius 2 is 1.94 bits per heavy atom. The smallest absolute Gasteiger partial charge is 0.258 e. The van der Waals surface area contributed by atoms with Crippen molar-refractivity contribution in [2.24, 2.45) is 0 Å². The van der Waals surface area contributed by atoms with Crippen LogP contribution in [0.25, 0.3) is 22.8 Å². The first-order valence-corrected chi connectivity index (χ1v) is 14.8. The summed E-state index contributed by atoms with van der Waals surface area (Å²) < 4.78 is 22.3. The van der Waals surface area contributed by atoms with Gasteiger partial charge in [0.15, 0.2) is 6.79 Å². The van der Waals surface area contributed by atoms with Gasteiger partial charge < -0.3 is 18.7 Å². The second-order valence-electron chi connectivity index (χ2n) is 9.04. The van der Waals surface area contributed by atoms with Gasteiger partial charge in [0.25, 0.3) is 5.89 Å². The molecular weight excluding hydrogens is 458 g/mol. The van der Waals surface area contributed by atoms with E-state index < -0.39 is 8.07 Å². The van der Waals surface area contributed by atoms with Gasteiger partial charge in [-0.25, -0.2) is 0 Å². The van der Waals surface area contributed by atoms with Crippen molar-refractivity contribution in [3.8, 4) is 40.4 Å². The maximum atomic E-state index is 9.44. The van der Waals surface area contributed by atoms with Gasteiger partial charge >= 0.3 is 0 Å². The van der Waals surface area contributed by atoms with Crippen molar-refractivity contribution in [3.05, 3.63) is 47.0 Å². The summed E-state index contributed by atoms with van der Waals surface area (Å²) >= 11 is 6.44. The minimum Gasteiger partial charge on any atom is -0.490 e. The molecule has 0 aliphatic heterocycles. The first kappa shape index (κ1) is 24.8. The number of ether oxygens (including phenoxy) is 3. The minimum absolute atomic E-state index is 0.0382. The Morgan fingerprint density at radius 3 is 2.61 bits per heavy atom. The number of nitriles is 1. The van der Waals surface area contributed by atoms with Crippen LogP contribution in [0.4, 0.5) is 0 Å². The van der Waals surface area contributed by atoms with E-state index in [0.29, 0.717) is 45.6 Å². The van der Waals surface area contributed by atoms with Gasteiger partial charge in [-0.2, -0.15) is 10.2 Å². The van der Waals surface area contributed by atoms with Crippen molar-refractivity contribution < 1.29 is 18.7 Å². The second-order valence-corrected chi connectivity index (χ2v) is 15.1. The zero-order valence-corrected chi connectivity index (χ0v) is 21.3. The normalized spacial score (nSPS) is 11.5. The van der Waals surface area contributed by atoms with Crippen LogP contribution in [0, 0.1) is 11.3 Å². The predicted octanol–water partition coefficient (Wildman–Crippen LogP) is 6.41. The van der Waals surface area contributed by atoms with Gasteiger partial charge in [-0.05, 0) is 56.3 Å². The van der Waals surface area contributed by atoms with Crippen molar-refractivity contribution in [3.63, 3.8) is 0 Å². The quantitative estimate of drug-likeness (QED) is 0.186. The summed E-state index contributed by atoms with van der Waals surface area (Å²) in [4.78, 5) is 4.44. The fourth-order valence-electron chi connectivity index (χ4n) is 2.87. The Hall–Kier alpha value is -2.86. The fraction of sp³-hybridized carbons (Fsp3) is 0.375. The Labute approximate surface area is 200 Å². The molecule has 0 saturated carbocycles. The summed E-state index contributed by atoms with van der Waals surface area (Å²) in [6, 6.07) is 13.6. The van der Waals surface area contributed by atoms with Crippen LogP contribution in [0.5, 0.6) is 11.5 Å². The molecule has 1 aromatic heterocycles. The number of aromatic nitrogens is 2. The van der Waals surface area contributed by atoms with E-state index in [1.807, 2.05) is 13.8 Å². The molecule has 0 radical (unpaired) electrons. The van der Waals surface area contributed by atoms with E-state index in [-0.39, 0.29) is 18.8 Å². The maximum Gasteiger partial charge on any atom is 0.258 e. The molecule has 0 aliphatic carbocycles. The second kappa shape index (κ2) is 10.8. The molecular formula is C24H28ClN3O4Si. The van der Waals surface area contributed by atoms with Gasteiger partial charge in [0.2, 0.25) is 5.82 Å². The highest BCUT2D eigenvalue weighted by atomic mass is 35.5. The van der Waals surface area contributed by atoms with Crippen LogP contribution < -0.4 is 9.47 Å². The highest BCUT2D eigenvalue weighted by Gasteiger charge is 2.16. The van der Waals surface area contributed by atoms with Crippen molar-refractivity contribution >= 4 is 19.7 Å². The highest BCUT2D eigenvalue weighted by molar-refractivity contribution is 6.76. The van der Waals surface area contributed by atoms with Gasteiger partial charge in [-0.3, -0.25) is 0 Å². The van der Waals surface area contributed by atoms with Crippen LogP contribution in [0.1, 0.15) is 19.4 Å². The van der Waals surface area contributed by atoms with Crippen LogP contribution in [0.15, 0.2) is 40.9 Å². The van der Waals surface area contributed by atoms with Gasteiger partial charge in [-0.1, -0.05) is 36.4 Å². The number of rotatable bonds is 10. The van der Waals surface area contributed by atoms with Crippen LogP contribution in [-0.2, 0) is 4.74 Å². The summed E-state index contributed by atoms with van der Waals surface area (Å²) in [6.07, 6.45) is -0.0382. The third kappa shape index (κ3) is 7.06. The lowest BCUT2D eigenvalue weighted by Crippen LogP contribution is -2.22. The molecule has 3 rings (SSSR count). The van der Waals surface area contributed by atoms with E-state index >= 15 is 0 Å². The molecule has 0 spiro atoms. The molecule has 0 unspecified atom stereocenters. The van der Waals surface area contributed by atoms with Gasteiger partial charge in [-0.15, -0.1) is 0 Å². The number of halogens is 1. The van der Waals surface area contributed by atoms with Crippen LogP contribution in [0.3, 0.4) is 0 Å². The van der Waals surface area contributed by atoms with Crippen molar-refractivity contribution in [1.82, 2.24) is 10.1 Å². The SMILES string of the molecule is CC(C)Oc1ccc(-c2nc(-c3ccc(OCOCC[Si](C)(C)C)cc3Cl)no2)cc1C#N. The molecule has 0 fully saturated rings. The largest absolute Gasteiger partial charge is 0.490 e. The van der Waals surface area contributed by atoms with Gasteiger partial charge in [0.05, 0.1) is 16.7 Å². The molecule has 0 amide bonds. The topological polar surface area (TPSA) is 90.4 Å². The zero-order chi connectivity index (χ0) is 24.0. The summed E-state index contributed by atoms with van der Waals surface area (Å²) in [5.41, 5.74) is 1.62. The van der Waals surface area contributed by atoms with Gasteiger partial charge in [0.1, 0.15) is 17.6 Å². The lowest BCUT2D eigenvalue weighted by molar-refractivity contribution is 0.0220. The molecule has 9 heteroatoms. The van der Waals surface area contributed by atoms with E-state index in [0.717, 1.165) is 6.04 Å². The third-order valence-electron chi connectivity index (χ3n) is 4.62. The minimum atomic E-state index is -1.12. The molecule has 0 atom stereocenters. The lowest BCUT2D eigenvalue weighted by Gasteiger charge is -2.15. The first-order valence-electron chi connectivity index (χ1n) is 10.7. The molecule has 0 saturated heterocycles. The van der Waals surface area contributed by atoms with Crippen LogP contribution >= 0.6 is 11.6 Å². The molecule has 0 bridgehead atoms. The fourth-order valence-corrected chi connectivity index (χ4v) is 3.88. The van der Waals surface area contributed by atoms with Crippen molar-refractivity contribution in [1.29, 1.82) is 5.26 Å². The average molecular weight is 486 g/mol. The maximum absolute atomic E-state index is 9.44. The van der Waals surface area contributed by atoms with Crippen molar-refractivity contribution in [2.75, 3.05) is 13.4 Å². The lowest BCUT2D eigenvalue weighted by atomic mass is 10.1. The molecule has 7 nitrogen and oxygen atoms in total. The molecule has 0 aliphatic rings. The Bertz CT molecular complexity index is 1140. The summed E-state index contributed by atoms with van der Waals surface area (Å²) in [7, 11) is -1.12. The number of benzene rings is 2. The van der Waals surface area contributed by atoms with E-state index in [4.69, 9.17) is 30.3 Å². The average Bonchev–Trinajstić information content (AvgIpc) is 3.22. The van der Waals surface area contributed by atoms with Crippen molar-refractivity contribution in [2.45, 2.75) is 45.6 Å². The van der Waals surface area contributed by atoms with Gasteiger partial charge in [0, 0.05) is 25.8 Å². The molecule has 33 heavy (non-hydrogen) atoms. The Balaban J connectivity index is 1.68. The van der Waals surface area contributed by atoms with E-state index in [2.05, 4.69) is 35.9 Å². The van der Waals surface area contributed by atoms with Crippen LogP contribution in [-0.4, -0.2) is 37.7 Å². The summed E-state index contributed by atoms with van der Waals surface area (Å²) in [6.45, 7) is 11.6. The Kier molecular flexibility index (Phi) is 8.14. The van der Waals surface area contributed by atoms with E-state index in [1.165, 1.54) is 0 Å². The van der Waals surface area contributed by atoms with E-state index in [1.54, 1.807) is 36.4 Å². The number of nitrogens with zero attached hydrogens (tertiary/aromatic N) is 3. The zero-order valence-electron chi connectivity index (χ0n) is 19.5. The molecule has 174 valence electrons. The summed E-state index contributed by atoms with van der Waals surface area (Å²) in [5, 5.41) is 13.9. The molecule has 1 heterocycles. The Morgan fingerprint density at radius 1 is 1.15 bits per heavy atom.